The molecule has 2 aromatic rings. The molecule has 2 aliphatic rings. The van der Waals surface area contributed by atoms with Gasteiger partial charge in [0.25, 0.3) is 11.8 Å². The van der Waals surface area contributed by atoms with Crippen molar-refractivity contribution in [3.63, 3.8) is 0 Å². The van der Waals surface area contributed by atoms with Crippen LogP contribution in [0.3, 0.4) is 0 Å². The Hall–Kier alpha value is -3.39. The Balaban J connectivity index is 1.43. The third-order valence-electron chi connectivity index (χ3n) is 6.79. The SMILES string of the molecule is COCC(C)NC(=O)C1CCN(c2cccc3c2C(=O)N(CCc2ccccc2OC)C3=O)CC1. The number of rotatable bonds is 9. The number of carbonyl (C=O) groups is 3. The molecule has 3 amide bonds. The smallest absolute Gasteiger partial charge is 0.263 e. The van der Waals surface area contributed by atoms with Gasteiger partial charge in [0.1, 0.15) is 5.75 Å². The topological polar surface area (TPSA) is 88.2 Å². The molecule has 0 radical (unpaired) electrons. The fraction of sp³-hybridized carbons (Fsp3) is 0.444. The average molecular weight is 480 g/mol. The maximum absolute atomic E-state index is 13.4. The number of methoxy groups -OCH3 is 2. The number of carbonyl (C=O) groups excluding carboxylic acids is 3. The largest absolute Gasteiger partial charge is 0.496 e. The van der Waals surface area contributed by atoms with Crippen LogP contribution in [0.1, 0.15) is 46.0 Å². The predicted molar refractivity (Wildman–Crippen MR) is 133 cm³/mol. The molecule has 35 heavy (non-hydrogen) atoms. The first-order valence-corrected chi connectivity index (χ1v) is 12.1. The number of amides is 3. The van der Waals surface area contributed by atoms with E-state index in [0.717, 1.165) is 17.0 Å². The van der Waals surface area contributed by atoms with E-state index in [1.807, 2.05) is 43.3 Å². The van der Waals surface area contributed by atoms with Crippen LogP contribution in [0.2, 0.25) is 0 Å². The lowest BCUT2D eigenvalue weighted by Gasteiger charge is -2.34. The van der Waals surface area contributed by atoms with Gasteiger partial charge < -0.3 is 19.7 Å². The lowest BCUT2D eigenvalue weighted by molar-refractivity contribution is -0.126. The number of fused-ring (bicyclic) bond motifs is 1. The Morgan fingerprint density at radius 3 is 2.51 bits per heavy atom. The van der Waals surface area contributed by atoms with Crippen LogP contribution in [-0.2, 0) is 16.0 Å². The van der Waals surface area contributed by atoms with Crippen LogP contribution in [0.15, 0.2) is 42.5 Å². The van der Waals surface area contributed by atoms with Crippen LogP contribution in [0.25, 0.3) is 0 Å². The summed E-state index contributed by atoms with van der Waals surface area (Å²) in [5.41, 5.74) is 2.63. The number of para-hydroxylation sites is 1. The molecule has 1 fully saturated rings. The summed E-state index contributed by atoms with van der Waals surface area (Å²) in [4.78, 5) is 42.5. The minimum Gasteiger partial charge on any atom is -0.496 e. The molecule has 0 spiro atoms. The molecule has 0 saturated carbocycles. The molecule has 2 aliphatic heterocycles. The average Bonchev–Trinajstić information content (AvgIpc) is 3.12. The van der Waals surface area contributed by atoms with Crippen molar-refractivity contribution in [2.45, 2.75) is 32.2 Å². The van der Waals surface area contributed by atoms with Crippen LogP contribution in [0.5, 0.6) is 5.75 Å². The van der Waals surface area contributed by atoms with Gasteiger partial charge in [-0.2, -0.15) is 0 Å². The van der Waals surface area contributed by atoms with E-state index in [1.54, 1.807) is 20.3 Å². The van der Waals surface area contributed by atoms with Gasteiger partial charge in [-0.15, -0.1) is 0 Å². The highest BCUT2D eigenvalue weighted by atomic mass is 16.5. The van der Waals surface area contributed by atoms with Gasteiger partial charge in [0.15, 0.2) is 0 Å². The minimum absolute atomic E-state index is 0.0339. The predicted octanol–water partition coefficient (Wildman–Crippen LogP) is 2.90. The minimum atomic E-state index is -0.261. The fourth-order valence-corrected chi connectivity index (χ4v) is 4.96. The highest BCUT2D eigenvalue weighted by Crippen LogP contribution is 2.34. The molecule has 0 aromatic heterocycles. The van der Waals surface area contributed by atoms with Crippen LogP contribution < -0.4 is 15.0 Å². The Bertz CT molecular complexity index is 1090. The first-order chi connectivity index (χ1) is 16.9. The number of nitrogens with one attached hydrogen (secondary N) is 1. The van der Waals surface area contributed by atoms with E-state index in [4.69, 9.17) is 9.47 Å². The number of benzene rings is 2. The molecule has 2 heterocycles. The Labute approximate surface area is 206 Å². The maximum Gasteiger partial charge on any atom is 0.263 e. The van der Waals surface area contributed by atoms with E-state index in [9.17, 15) is 14.4 Å². The quantitative estimate of drug-likeness (QED) is 0.557. The van der Waals surface area contributed by atoms with Gasteiger partial charge in [-0.3, -0.25) is 19.3 Å². The van der Waals surface area contributed by atoms with E-state index in [2.05, 4.69) is 10.2 Å². The monoisotopic (exact) mass is 479 g/mol. The first-order valence-electron chi connectivity index (χ1n) is 12.1. The second-order valence-electron chi connectivity index (χ2n) is 9.15. The molecular formula is C27H33N3O5. The standard InChI is InChI=1S/C27H33N3O5/c1-18(17-34-2)28-25(31)20-11-14-29(15-12-20)22-9-6-8-21-24(22)27(33)30(26(21)32)16-13-19-7-4-5-10-23(19)35-3/h4-10,18,20H,11-17H2,1-3H3,(H,28,31). The van der Waals surface area contributed by atoms with E-state index >= 15 is 0 Å². The first kappa shape index (κ1) is 24.7. The second-order valence-corrected chi connectivity index (χ2v) is 9.15. The molecule has 0 bridgehead atoms. The molecule has 8 nitrogen and oxygen atoms in total. The summed E-state index contributed by atoms with van der Waals surface area (Å²) in [6, 6.07) is 13.0. The lowest BCUT2D eigenvalue weighted by Crippen LogP contribution is -2.44. The summed E-state index contributed by atoms with van der Waals surface area (Å²) in [6.45, 7) is 3.98. The van der Waals surface area contributed by atoms with Gasteiger partial charge in [0.05, 0.1) is 30.5 Å². The Morgan fingerprint density at radius 2 is 1.80 bits per heavy atom. The lowest BCUT2D eigenvalue weighted by atomic mass is 9.94. The zero-order valence-corrected chi connectivity index (χ0v) is 20.6. The van der Waals surface area contributed by atoms with E-state index in [0.29, 0.717) is 50.1 Å². The van der Waals surface area contributed by atoms with Crippen LogP contribution >= 0.6 is 0 Å². The summed E-state index contributed by atoms with van der Waals surface area (Å²) in [5, 5.41) is 3.00. The van der Waals surface area contributed by atoms with Crippen LogP contribution in [-0.4, -0.2) is 69.1 Å². The Kier molecular flexibility index (Phi) is 7.70. The summed E-state index contributed by atoms with van der Waals surface area (Å²) in [7, 11) is 3.23. The summed E-state index contributed by atoms with van der Waals surface area (Å²) >= 11 is 0. The van der Waals surface area contributed by atoms with Gasteiger partial charge >= 0.3 is 0 Å². The molecular weight excluding hydrogens is 446 g/mol. The third-order valence-corrected chi connectivity index (χ3v) is 6.79. The number of ether oxygens (including phenoxy) is 2. The van der Waals surface area contributed by atoms with Gasteiger partial charge in [-0.1, -0.05) is 24.3 Å². The number of nitrogens with zero attached hydrogens (tertiary/aromatic N) is 2. The fourth-order valence-electron chi connectivity index (χ4n) is 4.96. The van der Waals surface area contributed by atoms with Crippen molar-refractivity contribution in [2.24, 2.45) is 5.92 Å². The van der Waals surface area contributed by atoms with Crippen molar-refractivity contribution in [3.05, 3.63) is 59.2 Å². The normalized spacial score (nSPS) is 16.9. The maximum atomic E-state index is 13.4. The van der Waals surface area contributed by atoms with Crippen molar-refractivity contribution < 1.29 is 23.9 Å². The highest BCUT2D eigenvalue weighted by Gasteiger charge is 2.39. The van der Waals surface area contributed by atoms with E-state index in [-0.39, 0.29) is 36.2 Å². The molecule has 1 unspecified atom stereocenters. The molecule has 1 atom stereocenters. The highest BCUT2D eigenvalue weighted by molar-refractivity contribution is 6.23. The molecule has 1 N–H and O–H groups in total. The van der Waals surface area contributed by atoms with Crippen molar-refractivity contribution in [2.75, 3.05) is 45.4 Å². The van der Waals surface area contributed by atoms with Gasteiger partial charge in [-0.05, 0) is 49.9 Å². The van der Waals surface area contributed by atoms with E-state index in [1.165, 1.54) is 4.90 Å². The van der Waals surface area contributed by atoms with Gasteiger partial charge in [0.2, 0.25) is 5.91 Å². The number of piperidine rings is 1. The number of hydrogen-bond donors (Lipinski definition) is 1. The second kappa shape index (κ2) is 10.9. The van der Waals surface area contributed by atoms with Crippen molar-refractivity contribution in [1.82, 2.24) is 10.2 Å². The molecule has 0 aliphatic carbocycles. The molecule has 4 rings (SSSR count). The van der Waals surface area contributed by atoms with Gasteiger partial charge in [-0.25, -0.2) is 0 Å². The van der Waals surface area contributed by atoms with Gasteiger partial charge in [0, 0.05) is 38.7 Å². The van der Waals surface area contributed by atoms with Crippen LogP contribution in [0, 0.1) is 5.92 Å². The summed E-state index contributed by atoms with van der Waals surface area (Å²) in [6.07, 6.45) is 1.90. The number of imide groups is 1. The number of anilines is 1. The van der Waals surface area contributed by atoms with Crippen molar-refractivity contribution >= 4 is 23.4 Å². The van der Waals surface area contributed by atoms with E-state index < -0.39 is 0 Å². The molecule has 1 saturated heterocycles. The Morgan fingerprint density at radius 1 is 1.06 bits per heavy atom. The zero-order chi connectivity index (χ0) is 24.9. The third kappa shape index (κ3) is 5.17. The summed E-state index contributed by atoms with van der Waals surface area (Å²) in [5.74, 6) is 0.193. The molecule has 8 heteroatoms. The zero-order valence-electron chi connectivity index (χ0n) is 20.6. The van der Waals surface area contributed by atoms with Crippen LogP contribution in [0.4, 0.5) is 5.69 Å². The van der Waals surface area contributed by atoms with Crippen molar-refractivity contribution in [3.8, 4) is 5.75 Å². The molecule has 2 aromatic carbocycles. The van der Waals surface area contributed by atoms with Crippen molar-refractivity contribution in [1.29, 1.82) is 0 Å². The molecule has 186 valence electrons. The number of hydrogen-bond acceptors (Lipinski definition) is 6. The summed E-state index contributed by atoms with van der Waals surface area (Å²) < 4.78 is 10.5.